The quantitative estimate of drug-likeness (QED) is 0.752. The van der Waals surface area contributed by atoms with Crippen LogP contribution in [0.3, 0.4) is 0 Å². The number of anilines is 1. The van der Waals surface area contributed by atoms with Crippen molar-refractivity contribution < 1.29 is 14.3 Å². The van der Waals surface area contributed by atoms with E-state index in [0.717, 1.165) is 16.9 Å². The minimum Gasteiger partial charge on any atom is -0.462 e. The van der Waals surface area contributed by atoms with Crippen LogP contribution in [0.2, 0.25) is 0 Å². The predicted molar refractivity (Wildman–Crippen MR) is 88.8 cm³/mol. The van der Waals surface area contributed by atoms with Gasteiger partial charge in [0.15, 0.2) is 0 Å². The molecule has 120 valence electrons. The number of carbonyl (C=O) groups excluding carboxylic acids is 2. The van der Waals surface area contributed by atoms with Gasteiger partial charge in [-0.3, -0.25) is 4.79 Å². The molecule has 1 amide bonds. The van der Waals surface area contributed by atoms with Crippen molar-refractivity contribution in [2.24, 2.45) is 0 Å². The summed E-state index contributed by atoms with van der Waals surface area (Å²) in [5.41, 5.74) is 1.46. The van der Waals surface area contributed by atoms with E-state index < -0.39 is 0 Å². The van der Waals surface area contributed by atoms with Crippen molar-refractivity contribution in [2.75, 3.05) is 25.5 Å². The average molecular weight is 335 g/mol. The number of carbonyl (C=O) groups is 2. The number of amides is 1. The van der Waals surface area contributed by atoms with Crippen molar-refractivity contribution >= 4 is 40.6 Å². The fourth-order valence-corrected chi connectivity index (χ4v) is 3.09. The average Bonchev–Trinajstić information content (AvgIpc) is 2.72. The van der Waals surface area contributed by atoms with Gasteiger partial charge in [0.1, 0.15) is 5.00 Å². The first-order chi connectivity index (χ1) is 9.54. The van der Waals surface area contributed by atoms with Gasteiger partial charge in [0.25, 0.3) is 0 Å². The van der Waals surface area contributed by atoms with Crippen LogP contribution in [-0.2, 0) is 16.0 Å². The van der Waals surface area contributed by atoms with E-state index in [1.165, 1.54) is 11.3 Å². The SMILES string of the molecule is CCOC(=O)c1c(NC(=O)CCNC)sc(C)c1CC.Cl. The second kappa shape index (κ2) is 9.76. The summed E-state index contributed by atoms with van der Waals surface area (Å²) in [7, 11) is 1.79. The molecule has 0 atom stereocenters. The molecule has 0 saturated carbocycles. The van der Waals surface area contributed by atoms with Crippen LogP contribution in [-0.4, -0.2) is 32.1 Å². The molecule has 0 aliphatic rings. The molecule has 0 unspecified atom stereocenters. The molecule has 1 aromatic heterocycles. The van der Waals surface area contributed by atoms with E-state index in [1.807, 2.05) is 13.8 Å². The van der Waals surface area contributed by atoms with E-state index in [9.17, 15) is 9.59 Å². The normalized spacial score (nSPS) is 9.90. The fraction of sp³-hybridized carbons (Fsp3) is 0.571. The first-order valence-corrected chi connectivity index (χ1v) is 7.60. The second-order valence-electron chi connectivity index (χ2n) is 4.32. The number of nitrogens with one attached hydrogen (secondary N) is 2. The first-order valence-electron chi connectivity index (χ1n) is 6.78. The highest BCUT2D eigenvalue weighted by atomic mass is 35.5. The number of rotatable bonds is 7. The Hall–Kier alpha value is -1.11. The lowest BCUT2D eigenvalue weighted by atomic mass is 10.1. The van der Waals surface area contributed by atoms with Gasteiger partial charge in [0.2, 0.25) is 5.91 Å². The third-order valence-electron chi connectivity index (χ3n) is 2.90. The number of hydrogen-bond acceptors (Lipinski definition) is 5. The summed E-state index contributed by atoms with van der Waals surface area (Å²) in [6.07, 6.45) is 1.11. The summed E-state index contributed by atoms with van der Waals surface area (Å²) in [5, 5.41) is 6.34. The Morgan fingerprint density at radius 1 is 1.29 bits per heavy atom. The van der Waals surface area contributed by atoms with Crippen LogP contribution in [0.5, 0.6) is 0 Å². The molecule has 7 heteroatoms. The summed E-state index contributed by atoms with van der Waals surface area (Å²) in [6.45, 7) is 6.64. The summed E-state index contributed by atoms with van der Waals surface area (Å²) < 4.78 is 5.09. The van der Waals surface area contributed by atoms with Gasteiger partial charge in [-0.2, -0.15) is 0 Å². The van der Waals surface area contributed by atoms with Gasteiger partial charge in [-0.15, -0.1) is 23.7 Å². The van der Waals surface area contributed by atoms with Crippen LogP contribution in [0, 0.1) is 6.92 Å². The van der Waals surface area contributed by atoms with Gasteiger partial charge < -0.3 is 15.4 Å². The highest BCUT2D eigenvalue weighted by molar-refractivity contribution is 7.16. The highest BCUT2D eigenvalue weighted by Crippen LogP contribution is 2.34. The predicted octanol–water partition coefficient (Wildman–Crippen LogP) is 2.77. The zero-order valence-corrected chi connectivity index (χ0v) is 14.5. The highest BCUT2D eigenvalue weighted by Gasteiger charge is 2.23. The minimum absolute atomic E-state index is 0. The zero-order valence-electron chi connectivity index (χ0n) is 12.9. The number of halogens is 1. The van der Waals surface area contributed by atoms with Gasteiger partial charge in [-0.1, -0.05) is 6.92 Å². The van der Waals surface area contributed by atoms with Gasteiger partial charge in [0, 0.05) is 17.8 Å². The summed E-state index contributed by atoms with van der Waals surface area (Å²) in [5.74, 6) is -0.466. The van der Waals surface area contributed by atoms with Crippen LogP contribution in [0.4, 0.5) is 5.00 Å². The van der Waals surface area contributed by atoms with Crippen LogP contribution < -0.4 is 10.6 Å². The van der Waals surface area contributed by atoms with Crippen LogP contribution in [0.15, 0.2) is 0 Å². The Bertz CT molecular complexity index is 489. The molecule has 0 radical (unpaired) electrons. The molecule has 0 bridgehead atoms. The van der Waals surface area contributed by atoms with E-state index in [2.05, 4.69) is 10.6 Å². The number of esters is 1. The topological polar surface area (TPSA) is 67.4 Å². The number of aryl methyl sites for hydroxylation is 1. The maximum Gasteiger partial charge on any atom is 0.341 e. The van der Waals surface area contributed by atoms with Crippen LogP contribution in [0.1, 0.15) is 41.1 Å². The fourth-order valence-electron chi connectivity index (χ4n) is 1.94. The number of ether oxygens (including phenoxy) is 1. The molecule has 0 fully saturated rings. The summed E-state index contributed by atoms with van der Waals surface area (Å²) >= 11 is 1.43. The van der Waals surface area contributed by atoms with Crippen molar-refractivity contribution in [3.63, 3.8) is 0 Å². The summed E-state index contributed by atoms with van der Waals surface area (Å²) in [6, 6.07) is 0. The van der Waals surface area contributed by atoms with E-state index >= 15 is 0 Å². The van der Waals surface area contributed by atoms with E-state index in [-0.39, 0.29) is 24.3 Å². The van der Waals surface area contributed by atoms with Gasteiger partial charge in [0.05, 0.1) is 12.2 Å². The molecule has 0 saturated heterocycles. The van der Waals surface area contributed by atoms with Crippen LogP contribution >= 0.6 is 23.7 Å². The maximum absolute atomic E-state index is 12.1. The van der Waals surface area contributed by atoms with Crippen molar-refractivity contribution in [1.82, 2.24) is 5.32 Å². The first kappa shape index (κ1) is 19.9. The molecule has 0 aliphatic heterocycles. The van der Waals surface area contributed by atoms with E-state index in [4.69, 9.17) is 4.74 Å². The Kier molecular flexibility index (Phi) is 9.24. The minimum atomic E-state index is -0.363. The molecule has 2 N–H and O–H groups in total. The van der Waals surface area contributed by atoms with Crippen LogP contribution in [0.25, 0.3) is 0 Å². The second-order valence-corrected chi connectivity index (χ2v) is 5.54. The smallest absolute Gasteiger partial charge is 0.341 e. The third kappa shape index (κ3) is 5.30. The molecule has 0 aromatic carbocycles. The Morgan fingerprint density at radius 3 is 2.48 bits per heavy atom. The van der Waals surface area contributed by atoms with Gasteiger partial charge in [-0.25, -0.2) is 4.79 Å². The largest absolute Gasteiger partial charge is 0.462 e. The molecule has 21 heavy (non-hydrogen) atoms. The lowest BCUT2D eigenvalue weighted by molar-refractivity contribution is -0.116. The molecule has 0 spiro atoms. The Balaban J connectivity index is 0.00000400. The molecule has 1 rings (SSSR count). The lowest BCUT2D eigenvalue weighted by Gasteiger charge is -2.07. The lowest BCUT2D eigenvalue weighted by Crippen LogP contribution is -2.19. The molecule has 1 aromatic rings. The molecular weight excluding hydrogens is 312 g/mol. The Morgan fingerprint density at radius 2 is 1.95 bits per heavy atom. The van der Waals surface area contributed by atoms with Crippen molar-refractivity contribution in [2.45, 2.75) is 33.6 Å². The van der Waals surface area contributed by atoms with Gasteiger partial charge >= 0.3 is 5.97 Å². The number of thiophene rings is 1. The maximum atomic E-state index is 12.1. The third-order valence-corrected chi connectivity index (χ3v) is 3.96. The number of hydrogen-bond donors (Lipinski definition) is 2. The molecule has 5 nitrogen and oxygen atoms in total. The Labute approximate surface area is 135 Å². The molecular formula is C14H23ClN2O3S. The van der Waals surface area contributed by atoms with Crippen molar-refractivity contribution in [3.05, 3.63) is 16.0 Å². The summed E-state index contributed by atoms with van der Waals surface area (Å²) in [4.78, 5) is 24.9. The van der Waals surface area contributed by atoms with Crippen molar-refractivity contribution in [1.29, 1.82) is 0 Å². The molecule has 0 aliphatic carbocycles. The van der Waals surface area contributed by atoms with Gasteiger partial charge in [-0.05, 0) is 32.9 Å². The van der Waals surface area contributed by atoms with Crippen molar-refractivity contribution in [3.8, 4) is 0 Å². The zero-order chi connectivity index (χ0) is 15.1. The molecule has 1 heterocycles. The van der Waals surface area contributed by atoms with E-state index in [0.29, 0.717) is 30.1 Å². The van der Waals surface area contributed by atoms with E-state index in [1.54, 1.807) is 14.0 Å². The monoisotopic (exact) mass is 334 g/mol. The standard InChI is InChI=1S/C14H22N2O3S.ClH/c1-5-10-9(3)20-13(12(10)14(18)19-6-2)16-11(17)7-8-15-4;/h15H,5-8H2,1-4H3,(H,16,17);1H.